The largest absolute Gasteiger partial charge is 0.397 e. The number of aromatic nitrogens is 1. The van der Waals surface area contributed by atoms with Gasteiger partial charge in [-0.2, -0.15) is 0 Å². The summed E-state index contributed by atoms with van der Waals surface area (Å²) in [7, 11) is 0. The number of nitrogens with zero attached hydrogens (tertiary/aromatic N) is 1. The number of amides is 1. The second-order valence-corrected chi connectivity index (χ2v) is 5.00. The molecule has 3 rings (SSSR count). The molecule has 0 spiro atoms. The zero-order valence-electron chi connectivity index (χ0n) is 11.2. The highest BCUT2D eigenvalue weighted by atomic mass is 16.1. The Bertz CT molecular complexity index is 682. The lowest BCUT2D eigenvalue weighted by atomic mass is 10.1. The van der Waals surface area contributed by atoms with Gasteiger partial charge in [0, 0.05) is 12.2 Å². The van der Waals surface area contributed by atoms with Gasteiger partial charge in [0.1, 0.15) is 5.82 Å². The molecule has 4 N–H and O–H groups in total. The van der Waals surface area contributed by atoms with Crippen LogP contribution in [0.3, 0.4) is 0 Å². The van der Waals surface area contributed by atoms with Crippen molar-refractivity contribution in [2.75, 3.05) is 16.4 Å². The molecule has 20 heavy (non-hydrogen) atoms. The van der Waals surface area contributed by atoms with Crippen LogP contribution >= 0.6 is 0 Å². The van der Waals surface area contributed by atoms with E-state index in [4.69, 9.17) is 5.73 Å². The topological polar surface area (TPSA) is 80.0 Å². The van der Waals surface area contributed by atoms with Gasteiger partial charge in [0.15, 0.2) is 0 Å². The van der Waals surface area contributed by atoms with Crippen LogP contribution in [-0.2, 0) is 17.8 Å². The minimum Gasteiger partial charge on any atom is -0.397 e. The monoisotopic (exact) mass is 268 g/mol. The molecular weight excluding hydrogens is 252 g/mol. The number of fused-ring (bicyclic) bond motifs is 1. The third-order valence-corrected chi connectivity index (χ3v) is 3.35. The minimum atomic E-state index is 0.0566. The molecule has 1 aliphatic heterocycles. The van der Waals surface area contributed by atoms with Crippen molar-refractivity contribution < 1.29 is 4.79 Å². The fourth-order valence-electron chi connectivity index (χ4n) is 2.36. The quantitative estimate of drug-likeness (QED) is 0.796. The number of carbonyl (C=O) groups is 1. The van der Waals surface area contributed by atoms with Crippen LogP contribution < -0.4 is 16.4 Å². The van der Waals surface area contributed by atoms with Gasteiger partial charge < -0.3 is 16.4 Å². The van der Waals surface area contributed by atoms with E-state index in [9.17, 15) is 4.79 Å². The standard InChI is InChI=1S/C15H16N4O/c1-9-4-12(16)8-18-15(9)17-7-10-2-3-13-11(5-10)6-14(20)19-13/h2-5,8H,6-7,16H2,1H3,(H,17,18)(H,19,20). The zero-order valence-corrected chi connectivity index (χ0v) is 11.2. The van der Waals surface area contributed by atoms with Crippen molar-refractivity contribution in [1.29, 1.82) is 0 Å². The Morgan fingerprint density at radius 2 is 2.25 bits per heavy atom. The van der Waals surface area contributed by atoms with Crippen molar-refractivity contribution in [2.45, 2.75) is 19.9 Å². The van der Waals surface area contributed by atoms with Crippen LogP contribution in [0.1, 0.15) is 16.7 Å². The first kappa shape index (κ1) is 12.5. The van der Waals surface area contributed by atoms with Gasteiger partial charge in [0.25, 0.3) is 0 Å². The first-order chi connectivity index (χ1) is 9.61. The summed E-state index contributed by atoms with van der Waals surface area (Å²) in [5.74, 6) is 0.884. The predicted octanol–water partition coefficient (Wildman–Crippen LogP) is 2.08. The SMILES string of the molecule is Cc1cc(N)cnc1NCc1ccc2c(c1)CC(=O)N2. The lowest BCUT2D eigenvalue weighted by Crippen LogP contribution is -2.04. The molecule has 1 aromatic carbocycles. The number of nitrogens with two attached hydrogens (primary N) is 1. The van der Waals surface area contributed by atoms with Crippen LogP contribution in [0, 0.1) is 6.92 Å². The molecule has 0 atom stereocenters. The van der Waals surface area contributed by atoms with Gasteiger partial charge in [-0.3, -0.25) is 4.79 Å². The number of aryl methyl sites for hydroxylation is 1. The molecule has 1 aromatic heterocycles. The maximum atomic E-state index is 11.3. The molecule has 0 unspecified atom stereocenters. The van der Waals surface area contributed by atoms with Crippen LogP contribution in [0.5, 0.6) is 0 Å². The predicted molar refractivity (Wildman–Crippen MR) is 79.5 cm³/mol. The van der Waals surface area contributed by atoms with Gasteiger partial charge >= 0.3 is 0 Å². The van der Waals surface area contributed by atoms with Gasteiger partial charge in [-0.25, -0.2) is 4.98 Å². The Kier molecular flexibility index (Phi) is 3.02. The summed E-state index contributed by atoms with van der Waals surface area (Å²) in [4.78, 5) is 15.6. The number of hydrogen-bond acceptors (Lipinski definition) is 4. The number of anilines is 3. The van der Waals surface area contributed by atoms with E-state index in [0.29, 0.717) is 18.7 Å². The number of pyridine rings is 1. The van der Waals surface area contributed by atoms with Crippen molar-refractivity contribution in [1.82, 2.24) is 4.98 Å². The van der Waals surface area contributed by atoms with E-state index in [-0.39, 0.29) is 5.91 Å². The average molecular weight is 268 g/mol. The molecule has 102 valence electrons. The third-order valence-electron chi connectivity index (χ3n) is 3.35. The zero-order chi connectivity index (χ0) is 14.1. The molecule has 1 amide bonds. The highest BCUT2D eigenvalue weighted by Gasteiger charge is 2.17. The Hall–Kier alpha value is -2.56. The molecule has 5 nitrogen and oxygen atoms in total. The lowest BCUT2D eigenvalue weighted by Gasteiger charge is -2.10. The van der Waals surface area contributed by atoms with E-state index in [1.807, 2.05) is 31.2 Å². The van der Waals surface area contributed by atoms with E-state index in [2.05, 4.69) is 15.6 Å². The van der Waals surface area contributed by atoms with E-state index in [1.54, 1.807) is 6.20 Å². The molecule has 2 heterocycles. The number of benzene rings is 1. The number of nitrogen functional groups attached to an aromatic ring is 1. The minimum absolute atomic E-state index is 0.0566. The van der Waals surface area contributed by atoms with Gasteiger partial charge in [0.05, 0.1) is 18.3 Å². The number of hydrogen-bond donors (Lipinski definition) is 3. The van der Waals surface area contributed by atoms with Crippen LogP contribution in [0.15, 0.2) is 30.5 Å². The number of rotatable bonds is 3. The van der Waals surface area contributed by atoms with Crippen molar-refractivity contribution in [3.63, 3.8) is 0 Å². The molecule has 2 aromatic rings. The molecule has 0 aliphatic carbocycles. The van der Waals surface area contributed by atoms with Gasteiger partial charge in [-0.1, -0.05) is 12.1 Å². The van der Waals surface area contributed by atoms with E-state index >= 15 is 0 Å². The van der Waals surface area contributed by atoms with E-state index in [1.165, 1.54) is 0 Å². The molecule has 0 fully saturated rings. The van der Waals surface area contributed by atoms with E-state index < -0.39 is 0 Å². The summed E-state index contributed by atoms with van der Waals surface area (Å²) in [6.07, 6.45) is 2.10. The van der Waals surface area contributed by atoms with Crippen molar-refractivity contribution in [3.05, 3.63) is 47.2 Å². The summed E-state index contributed by atoms with van der Waals surface area (Å²) in [5, 5.41) is 6.11. The van der Waals surface area contributed by atoms with Gasteiger partial charge in [-0.15, -0.1) is 0 Å². The lowest BCUT2D eigenvalue weighted by molar-refractivity contribution is -0.115. The van der Waals surface area contributed by atoms with Gasteiger partial charge in [0.2, 0.25) is 5.91 Å². The molecule has 0 radical (unpaired) electrons. The summed E-state index contributed by atoms with van der Waals surface area (Å²) < 4.78 is 0. The first-order valence-electron chi connectivity index (χ1n) is 6.49. The second kappa shape index (κ2) is 4.85. The van der Waals surface area contributed by atoms with Crippen LogP contribution in [0.25, 0.3) is 0 Å². The fourth-order valence-corrected chi connectivity index (χ4v) is 2.36. The molecule has 0 saturated heterocycles. The van der Waals surface area contributed by atoms with Crippen molar-refractivity contribution in [2.24, 2.45) is 0 Å². The number of carbonyl (C=O) groups excluding carboxylic acids is 1. The van der Waals surface area contributed by atoms with Crippen molar-refractivity contribution >= 4 is 23.1 Å². The third kappa shape index (κ3) is 2.42. The van der Waals surface area contributed by atoms with Crippen LogP contribution in [0.4, 0.5) is 17.2 Å². The molecule has 1 aliphatic rings. The maximum Gasteiger partial charge on any atom is 0.228 e. The maximum absolute atomic E-state index is 11.3. The molecular formula is C15H16N4O. The number of nitrogens with one attached hydrogen (secondary N) is 2. The molecule has 5 heteroatoms. The summed E-state index contributed by atoms with van der Waals surface area (Å²) in [6.45, 7) is 2.64. The Morgan fingerprint density at radius 1 is 1.40 bits per heavy atom. The van der Waals surface area contributed by atoms with E-state index in [0.717, 1.165) is 28.2 Å². The molecule has 0 saturated carbocycles. The molecule has 0 bridgehead atoms. The smallest absolute Gasteiger partial charge is 0.228 e. The summed E-state index contributed by atoms with van der Waals surface area (Å²) in [5.41, 5.74) is 10.5. The first-order valence-corrected chi connectivity index (χ1v) is 6.49. The Morgan fingerprint density at radius 3 is 3.05 bits per heavy atom. The van der Waals surface area contributed by atoms with Crippen LogP contribution in [0.2, 0.25) is 0 Å². The summed E-state index contributed by atoms with van der Waals surface area (Å²) >= 11 is 0. The van der Waals surface area contributed by atoms with Crippen LogP contribution in [-0.4, -0.2) is 10.9 Å². The highest BCUT2D eigenvalue weighted by molar-refractivity contribution is 5.99. The second-order valence-electron chi connectivity index (χ2n) is 5.00. The van der Waals surface area contributed by atoms with Crippen molar-refractivity contribution in [3.8, 4) is 0 Å². The average Bonchev–Trinajstić information content (AvgIpc) is 2.77. The Labute approximate surface area is 117 Å². The van der Waals surface area contributed by atoms with Gasteiger partial charge in [-0.05, 0) is 35.7 Å². The summed E-state index contributed by atoms with van der Waals surface area (Å²) in [6, 6.07) is 7.89. The normalized spacial score (nSPS) is 12.9. The fraction of sp³-hybridized carbons (Fsp3) is 0.200. The Balaban J connectivity index is 1.73. The highest BCUT2D eigenvalue weighted by Crippen LogP contribution is 2.24.